The lowest BCUT2D eigenvalue weighted by molar-refractivity contribution is -0.136. The van der Waals surface area contributed by atoms with E-state index in [9.17, 15) is 4.79 Å². The molecular weight excluding hydrogens is 252 g/mol. The van der Waals surface area contributed by atoms with Crippen LogP contribution in [0.2, 0.25) is 0 Å². The molecule has 0 saturated carbocycles. The number of hydrogen-bond acceptors (Lipinski definition) is 3. The van der Waals surface area contributed by atoms with Gasteiger partial charge in [-0.05, 0) is 31.2 Å². The zero-order valence-corrected chi connectivity index (χ0v) is 11.9. The Labute approximate surface area is 120 Å². The van der Waals surface area contributed by atoms with Gasteiger partial charge < -0.3 is 15.7 Å². The fourth-order valence-electron chi connectivity index (χ4n) is 3.00. The molecule has 1 heterocycles. The second kappa shape index (κ2) is 7.41. The number of carbonyl (C=O) groups excluding carboxylic acids is 1. The highest BCUT2D eigenvalue weighted by molar-refractivity contribution is 5.84. The number of nitrogens with two attached hydrogens (primary N) is 1. The second-order valence-electron chi connectivity index (χ2n) is 5.39. The van der Waals surface area contributed by atoms with Gasteiger partial charge in [0.1, 0.15) is 0 Å². The van der Waals surface area contributed by atoms with Gasteiger partial charge in [0.05, 0.1) is 5.92 Å². The summed E-state index contributed by atoms with van der Waals surface area (Å²) in [5.41, 5.74) is 6.81. The maximum atomic E-state index is 12.8. The van der Waals surface area contributed by atoms with Gasteiger partial charge in [-0.25, -0.2) is 0 Å². The van der Waals surface area contributed by atoms with Crippen molar-refractivity contribution in [1.29, 1.82) is 0 Å². The Balaban J connectivity index is 2.14. The normalized spacial score (nSPS) is 20.7. The molecule has 1 aliphatic heterocycles. The van der Waals surface area contributed by atoms with E-state index in [1.807, 2.05) is 35.2 Å². The van der Waals surface area contributed by atoms with Crippen LogP contribution in [-0.2, 0) is 4.79 Å². The summed E-state index contributed by atoms with van der Waals surface area (Å²) in [6.45, 7) is 1.24. The Hall–Kier alpha value is -1.39. The van der Waals surface area contributed by atoms with Crippen LogP contribution >= 0.6 is 0 Å². The number of aliphatic hydroxyl groups is 1. The number of rotatable bonds is 5. The number of benzene rings is 1. The molecule has 110 valence electrons. The molecule has 0 radical (unpaired) electrons. The van der Waals surface area contributed by atoms with Crippen molar-refractivity contribution < 1.29 is 9.90 Å². The standard InChI is InChI=1S/C16H24N2O2/c17-12-15(13-6-2-1-3-7-13)16(20)18-10-5-4-8-14(18)9-11-19/h1-3,6-7,14-15,19H,4-5,8-12,17H2. The summed E-state index contributed by atoms with van der Waals surface area (Å²) in [5, 5.41) is 9.17. The monoisotopic (exact) mass is 276 g/mol. The van der Waals surface area contributed by atoms with Crippen molar-refractivity contribution in [3.8, 4) is 0 Å². The molecule has 1 amide bonds. The Bertz CT molecular complexity index is 420. The minimum atomic E-state index is -0.268. The van der Waals surface area contributed by atoms with Crippen LogP contribution in [0.3, 0.4) is 0 Å². The predicted molar refractivity (Wildman–Crippen MR) is 79.3 cm³/mol. The van der Waals surface area contributed by atoms with Crippen LogP contribution in [0.4, 0.5) is 0 Å². The number of piperidine rings is 1. The molecule has 0 aromatic heterocycles. The third-order valence-electron chi connectivity index (χ3n) is 4.11. The third kappa shape index (κ3) is 3.38. The highest BCUT2D eigenvalue weighted by atomic mass is 16.3. The first kappa shape index (κ1) is 15.0. The van der Waals surface area contributed by atoms with Crippen LogP contribution < -0.4 is 5.73 Å². The highest BCUT2D eigenvalue weighted by Crippen LogP contribution is 2.25. The first-order chi connectivity index (χ1) is 9.77. The smallest absolute Gasteiger partial charge is 0.231 e. The molecule has 4 heteroatoms. The molecular formula is C16H24N2O2. The second-order valence-corrected chi connectivity index (χ2v) is 5.39. The molecule has 20 heavy (non-hydrogen) atoms. The van der Waals surface area contributed by atoms with Crippen molar-refractivity contribution in [2.24, 2.45) is 5.73 Å². The lowest BCUT2D eigenvalue weighted by atomic mass is 9.93. The van der Waals surface area contributed by atoms with Crippen LogP contribution in [-0.4, -0.2) is 41.7 Å². The number of carbonyl (C=O) groups is 1. The molecule has 2 atom stereocenters. The quantitative estimate of drug-likeness (QED) is 0.856. The minimum Gasteiger partial charge on any atom is -0.396 e. The summed E-state index contributed by atoms with van der Waals surface area (Å²) in [4.78, 5) is 14.7. The van der Waals surface area contributed by atoms with Gasteiger partial charge in [-0.2, -0.15) is 0 Å². The van der Waals surface area contributed by atoms with E-state index in [0.29, 0.717) is 13.0 Å². The average Bonchev–Trinajstić information content (AvgIpc) is 2.50. The topological polar surface area (TPSA) is 66.6 Å². The molecule has 0 spiro atoms. The predicted octanol–water partition coefficient (Wildman–Crippen LogP) is 1.49. The van der Waals surface area contributed by atoms with E-state index in [0.717, 1.165) is 31.4 Å². The van der Waals surface area contributed by atoms with Crippen molar-refractivity contribution in [3.63, 3.8) is 0 Å². The lowest BCUT2D eigenvalue weighted by Crippen LogP contribution is -2.47. The van der Waals surface area contributed by atoms with E-state index in [1.165, 1.54) is 0 Å². The maximum absolute atomic E-state index is 12.8. The SMILES string of the molecule is NCC(C(=O)N1CCCCC1CCO)c1ccccc1. The number of nitrogens with zero attached hydrogens (tertiary/aromatic N) is 1. The summed E-state index contributed by atoms with van der Waals surface area (Å²) in [7, 11) is 0. The molecule has 1 fully saturated rings. The summed E-state index contributed by atoms with van der Waals surface area (Å²) >= 11 is 0. The van der Waals surface area contributed by atoms with E-state index in [-0.39, 0.29) is 24.5 Å². The van der Waals surface area contributed by atoms with Crippen molar-refractivity contribution in [1.82, 2.24) is 4.90 Å². The molecule has 3 N–H and O–H groups in total. The summed E-state index contributed by atoms with van der Waals surface area (Å²) in [5.74, 6) is -0.160. The Kier molecular flexibility index (Phi) is 5.56. The van der Waals surface area contributed by atoms with Crippen LogP contribution in [0, 0.1) is 0 Å². The van der Waals surface area contributed by atoms with E-state index >= 15 is 0 Å². The van der Waals surface area contributed by atoms with Gasteiger partial charge in [-0.15, -0.1) is 0 Å². The van der Waals surface area contributed by atoms with Crippen LogP contribution in [0.5, 0.6) is 0 Å². The fraction of sp³-hybridized carbons (Fsp3) is 0.562. The average molecular weight is 276 g/mol. The number of hydrogen-bond donors (Lipinski definition) is 2. The van der Waals surface area contributed by atoms with E-state index in [4.69, 9.17) is 10.8 Å². The zero-order chi connectivity index (χ0) is 14.4. The van der Waals surface area contributed by atoms with E-state index < -0.39 is 0 Å². The van der Waals surface area contributed by atoms with Crippen molar-refractivity contribution in [2.45, 2.75) is 37.6 Å². The molecule has 0 bridgehead atoms. The fourth-order valence-corrected chi connectivity index (χ4v) is 3.00. The third-order valence-corrected chi connectivity index (χ3v) is 4.11. The summed E-state index contributed by atoms with van der Waals surface area (Å²) in [6.07, 6.45) is 3.82. The maximum Gasteiger partial charge on any atom is 0.231 e. The molecule has 1 aromatic rings. The van der Waals surface area contributed by atoms with Gasteiger partial charge in [0.15, 0.2) is 0 Å². The zero-order valence-electron chi connectivity index (χ0n) is 11.9. The van der Waals surface area contributed by atoms with Gasteiger partial charge in [0.2, 0.25) is 5.91 Å². The van der Waals surface area contributed by atoms with Gasteiger partial charge in [0, 0.05) is 25.7 Å². The highest BCUT2D eigenvalue weighted by Gasteiger charge is 2.31. The minimum absolute atomic E-state index is 0.108. The summed E-state index contributed by atoms with van der Waals surface area (Å²) < 4.78 is 0. The Morgan fingerprint density at radius 3 is 2.75 bits per heavy atom. The molecule has 0 aliphatic carbocycles. The van der Waals surface area contributed by atoms with E-state index in [1.54, 1.807) is 0 Å². The summed E-state index contributed by atoms with van der Waals surface area (Å²) in [6, 6.07) is 9.90. The van der Waals surface area contributed by atoms with E-state index in [2.05, 4.69) is 0 Å². The first-order valence-electron chi connectivity index (χ1n) is 7.44. The van der Waals surface area contributed by atoms with Crippen molar-refractivity contribution in [2.75, 3.05) is 19.7 Å². The van der Waals surface area contributed by atoms with Gasteiger partial charge in [-0.1, -0.05) is 30.3 Å². The Morgan fingerprint density at radius 1 is 1.35 bits per heavy atom. The first-order valence-corrected chi connectivity index (χ1v) is 7.44. The molecule has 1 aromatic carbocycles. The van der Waals surface area contributed by atoms with Crippen LogP contribution in [0.1, 0.15) is 37.2 Å². The van der Waals surface area contributed by atoms with Crippen molar-refractivity contribution >= 4 is 5.91 Å². The number of likely N-dealkylation sites (tertiary alicyclic amines) is 1. The lowest BCUT2D eigenvalue weighted by Gasteiger charge is -2.37. The van der Waals surface area contributed by atoms with Crippen molar-refractivity contribution in [3.05, 3.63) is 35.9 Å². The number of amides is 1. The molecule has 2 rings (SSSR count). The molecule has 1 saturated heterocycles. The Morgan fingerprint density at radius 2 is 2.10 bits per heavy atom. The molecule has 4 nitrogen and oxygen atoms in total. The van der Waals surface area contributed by atoms with Gasteiger partial charge >= 0.3 is 0 Å². The largest absolute Gasteiger partial charge is 0.396 e. The van der Waals surface area contributed by atoms with Gasteiger partial charge in [-0.3, -0.25) is 4.79 Å². The molecule has 1 aliphatic rings. The van der Waals surface area contributed by atoms with Crippen LogP contribution in [0.15, 0.2) is 30.3 Å². The van der Waals surface area contributed by atoms with Gasteiger partial charge in [0.25, 0.3) is 0 Å². The van der Waals surface area contributed by atoms with Crippen LogP contribution in [0.25, 0.3) is 0 Å². The number of aliphatic hydroxyl groups excluding tert-OH is 1. The molecule has 2 unspecified atom stereocenters.